The molecule has 0 bridgehead atoms. The molecule has 254 valence electrons. The van der Waals surface area contributed by atoms with E-state index in [1.165, 1.54) is 5.56 Å². The van der Waals surface area contributed by atoms with E-state index < -0.39 is 6.10 Å². The first-order valence-corrected chi connectivity index (χ1v) is 17.0. The standard InChI is InChI=1S/C42H44O7/c1-25-20-29-16-17-31-37(36(29)34(21-25)44-3)41(45-4)32-19-18-30(39(43)38(32)42(31)46-5)33-22-35(47-23-27-12-8-6-9-13-27)40(26(2)49-33)48-24-28-14-10-7-11-15-28/h6-15,18-21,26,33,35,40,43H,16-17,22-24H2,1-5H3/t26-,33-,35-,40-/m1/s1. The van der Waals surface area contributed by atoms with Crippen LogP contribution in [0.15, 0.2) is 84.9 Å². The lowest BCUT2D eigenvalue weighted by Crippen LogP contribution is -2.47. The number of phenols is 1. The second-order valence-corrected chi connectivity index (χ2v) is 13.0. The zero-order chi connectivity index (χ0) is 34.1. The molecule has 7 heteroatoms. The quantitative estimate of drug-likeness (QED) is 0.161. The number of rotatable bonds is 10. The molecule has 5 aromatic rings. The largest absolute Gasteiger partial charge is 0.507 e. The van der Waals surface area contributed by atoms with Crippen molar-refractivity contribution in [2.24, 2.45) is 0 Å². The summed E-state index contributed by atoms with van der Waals surface area (Å²) in [7, 11) is 5.04. The summed E-state index contributed by atoms with van der Waals surface area (Å²) in [5, 5.41) is 13.5. The minimum absolute atomic E-state index is 0.125. The molecule has 49 heavy (non-hydrogen) atoms. The van der Waals surface area contributed by atoms with Gasteiger partial charge in [-0.3, -0.25) is 0 Å². The Kier molecular flexibility index (Phi) is 9.50. The summed E-state index contributed by atoms with van der Waals surface area (Å²) in [6, 6.07) is 28.5. The van der Waals surface area contributed by atoms with Gasteiger partial charge < -0.3 is 33.5 Å². The molecule has 5 aromatic carbocycles. The Balaban J connectivity index is 1.28. The Labute approximate surface area is 288 Å². The van der Waals surface area contributed by atoms with Crippen LogP contribution in [-0.4, -0.2) is 44.7 Å². The number of phenolic OH excluding ortho intramolecular Hbond substituents is 1. The Bertz CT molecular complexity index is 1920. The predicted octanol–water partition coefficient (Wildman–Crippen LogP) is 8.67. The van der Waals surface area contributed by atoms with Crippen molar-refractivity contribution in [2.45, 2.75) is 70.7 Å². The van der Waals surface area contributed by atoms with Crippen LogP contribution < -0.4 is 14.2 Å². The van der Waals surface area contributed by atoms with Crippen molar-refractivity contribution < 1.29 is 33.5 Å². The minimum Gasteiger partial charge on any atom is -0.507 e. The third-order valence-corrected chi connectivity index (χ3v) is 9.93. The fourth-order valence-corrected chi connectivity index (χ4v) is 7.68. The highest BCUT2D eigenvalue weighted by molar-refractivity contribution is 6.06. The number of benzene rings is 5. The molecule has 7 nitrogen and oxygen atoms in total. The van der Waals surface area contributed by atoms with Gasteiger partial charge in [0.25, 0.3) is 0 Å². The molecule has 0 amide bonds. The zero-order valence-electron chi connectivity index (χ0n) is 28.8. The number of hydrogen-bond acceptors (Lipinski definition) is 7. The first kappa shape index (κ1) is 33.0. The van der Waals surface area contributed by atoms with Crippen molar-refractivity contribution in [3.63, 3.8) is 0 Å². The van der Waals surface area contributed by atoms with Gasteiger partial charge in [-0.2, -0.15) is 0 Å². The first-order chi connectivity index (χ1) is 23.9. The van der Waals surface area contributed by atoms with Crippen LogP contribution >= 0.6 is 0 Å². The summed E-state index contributed by atoms with van der Waals surface area (Å²) >= 11 is 0. The first-order valence-electron chi connectivity index (χ1n) is 17.0. The zero-order valence-corrected chi connectivity index (χ0v) is 28.8. The molecule has 1 saturated heterocycles. The SMILES string of the molecule is COc1cc(C)cc2c1-c1c(c(OC)c3c(O)c([C@H]4C[C@@H](OCc5ccccc5)[C@H](OCc5ccccc5)[C@@H](C)O4)ccc3c1OC)CC2. The molecular weight excluding hydrogens is 616 g/mol. The van der Waals surface area contributed by atoms with Crippen LogP contribution in [0.3, 0.4) is 0 Å². The highest BCUT2D eigenvalue weighted by Gasteiger charge is 2.40. The van der Waals surface area contributed by atoms with E-state index in [4.69, 9.17) is 28.4 Å². The van der Waals surface area contributed by atoms with Crippen LogP contribution in [0.2, 0.25) is 0 Å². The lowest BCUT2D eigenvalue weighted by atomic mass is 9.80. The molecule has 1 fully saturated rings. The summed E-state index contributed by atoms with van der Waals surface area (Å²) in [6.07, 6.45) is 0.742. The summed E-state index contributed by atoms with van der Waals surface area (Å²) in [6.45, 7) is 5.00. The number of hydrogen-bond donors (Lipinski definition) is 1. The van der Waals surface area contributed by atoms with Crippen LogP contribution in [0.4, 0.5) is 0 Å². The van der Waals surface area contributed by atoms with Gasteiger partial charge >= 0.3 is 0 Å². The minimum atomic E-state index is -0.438. The van der Waals surface area contributed by atoms with Gasteiger partial charge in [-0.25, -0.2) is 0 Å². The molecule has 0 saturated carbocycles. The van der Waals surface area contributed by atoms with Crippen molar-refractivity contribution in [2.75, 3.05) is 21.3 Å². The van der Waals surface area contributed by atoms with Crippen LogP contribution in [0.25, 0.3) is 21.9 Å². The predicted molar refractivity (Wildman–Crippen MR) is 191 cm³/mol. The van der Waals surface area contributed by atoms with Gasteiger partial charge in [0, 0.05) is 34.1 Å². The second kappa shape index (κ2) is 14.1. The maximum atomic E-state index is 12.2. The molecule has 1 aliphatic heterocycles. The maximum Gasteiger partial charge on any atom is 0.135 e. The molecule has 2 aliphatic rings. The van der Waals surface area contributed by atoms with Crippen LogP contribution in [-0.2, 0) is 40.3 Å². The second-order valence-electron chi connectivity index (χ2n) is 13.0. The van der Waals surface area contributed by atoms with Gasteiger partial charge in [0.2, 0.25) is 0 Å². The molecule has 0 radical (unpaired) electrons. The molecule has 0 aromatic heterocycles. The molecule has 7 rings (SSSR count). The molecule has 0 unspecified atom stereocenters. The van der Waals surface area contributed by atoms with E-state index in [2.05, 4.69) is 43.3 Å². The summed E-state index contributed by atoms with van der Waals surface area (Å²) in [5.74, 6) is 2.25. The lowest BCUT2D eigenvalue weighted by Gasteiger charge is -2.40. The van der Waals surface area contributed by atoms with Gasteiger partial charge in [0.05, 0.1) is 58.2 Å². The van der Waals surface area contributed by atoms with Crippen molar-refractivity contribution in [1.82, 2.24) is 0 Å². The Morgan fingerprint density at radius 1 is 0.755 bits per heavy atom. The molecule has 4 atom stereocenters. The number of aryl methyl sites for hydroxylation is 2. The van der Waals surface area contributed by atoms with E-state index in [-0.39, 0.29) is 24.1 Å². The van der Waals surface area contributed by atoms with Crippen LogP contribution in [0, 0.1) is 6.92 Å². The van der Waals surface area contributed by atoms with Crippen molar-refractivity contribution in [3.8, 4) is 34.1 Å². The fraction of sp³-hybridized carbons (Fsp3) is 0.333. The average molecular weight is 661 g/mol. The molecular formula is C42H44O7. The average Bonchev–Trinajstić information content (AvgIpc) is 3.12. The highest BCUT2D eigenvalue weighted by atomic mass is 16.6. The lowest BCUT2D eigenvalue weighted by molar-refractivity contribution is -0.204. The van der Waals surface area contributed by atoms with Gasteiger partial charge in [0.1, 0.15) is 29.1 Å². The smallest absolute Gasteiger partial charge is 0.135 e. The van der Waals surface area contributed by atoms with Gasteiger partial charge in [0.15, 0.2) is 0 Å². The Hall–Kier alpha value is -4.56. The van der Waals surface area contributed by atoms with Crippen molar-refractivity contribution in [1.29, 1.82) is 0 Å². The summed E-state index contributed by atoms with van der Waals surface area (Å²) in [5.41, 5.74) is 8.17. The van der Waals surface area contributed by atoms with E-state index in [0.29, 0.717) is 42.1 Å². The third-order valence-electron chi connectivity index (χ3n) is 9.93. The van der Waals surface area contributed by atoms with Gasteiger partial charge in [-0.1, -0.05) is 72.8 Å². The van der Waals surface area contributed by atoms with E-state index in [9.17, 15) is 5.11 Å². The van der Waals surface area contributed by atoms with Gasteiger partial charge in [-0.05, 0) is 61.1 Å². The molecule has 1 aliphatic carbocycles. The van der Waals surface area contributed by atoms with Crippen molar-refractivity contribution >= 4 is 10.8 Å². The fourth-order valence-electron chi connectivity index (χ4n) is 7.68. The van der Waals surface area contributed by atoms with Gasteiger partial charge in [-0.15, -0.1) is 0 Å². The Morgan fingerprint density at radius 2 is 1.43 bits per heavy atom. The summed E-state index contributed by atoms with van der Waals surface area (Å²) < 4.78 is 37.9. The maximum absolute atomic E-state index is 12.2. The summed E-state index contributed by atoms with van der Waals surface area (Å²) in [4.78, 5) is 0. The molecule has 0 spiro atoms. The number of aromatic hydroxyl groups is 1. The number of ether oxygens (including phenoxy) is 6. The van der Waals surface area contributed by atoms with Crippen molar-refractivity contribution in [3.05, 3.63) is 118 Å². The third kappa shape index (κ3) is 6.23. The topological polar surface area (TPSA) is 75.6 Å². The van der Waals surface area contributed by atoms with E-state index in [1.54, 1.807) is 21.3 Å². The number of methoxy groups -OCH3 is 3. The normalized spacial score (nSPS) is 20.0. The molecule has 1 heterocycles. The highest BCUT2D eigenvalue weighted by Crippen LogP contribution is 2.55. The van der Waals surface area contributed by atoms with E-state index >= 15 is 0 Å². The monoisotopic (exact) mass is 660 g/mol. The molecule has 1 N–H and O–H groups in total. The number of fused-ring (bicyclic) bond motifs is 4. The van der Waals surface area contributed by atoms with E-state index in [1.807, 2.05) is 55.5 Å². The Morgan fingerprint density at radius 3 is 2.08 bits per heavy atom. The van der Waals surface area contributed by atoms with E-state index in [0.717, 1.165) is 57.4 Å². The van der Waals surface area contributed by atoms with Crippen LogP contribution in [0.5, 0.6) is 23.0 Å². The van der Waals surface area contributed by atoms with Crippen LogP contribution in [0.1, 0.15) is 52.8 Å².